The smallest absolute Gasteiger partial charge is 0.209 e. The van der Waals surface area contributed by atoms with Gasteiger partial charge in [0.05, 0.1) is 0 Å². The molecule has 1 aliphatic carbocycles. The number of carbonyl (C=O) groups is 1. The number of hydrogen-bond donors (Lipinski definition) is 0. The van der Waals surface area contributed by atoms with Crippen molar-refractivity contribution in [2.45, 2.75) is 40.0 Å². The molecule has 4 heteroatoms. The molecule has 1 fully saturated rings. The van der Waals surface area contributed by atoms with Crippen LogP contribution >= 0.6 is 0 Å². The van der Waals surface area contributed by atoms with Crippen LogP contribution in [0.1, 0.15) is 40.0 Å². The Hall–Kier alpha value is -0.930. The topological polar surface area (TPSA) is 60.2 Å². The van der Waals surface area contributed by atoms with Gasteiger partial charge in [0.2, 0.25) is 6.54 Å². The van der Waals surface area contributed by atoms with E-state index in [9.17, 15) is 14.9 Å². The van der Waals surface area contributed by atoms with Crippen LogP contribution in [-0.4, -0.2) is 17.3 Å². The second kappa shape index (κ2) is 3.33. The summed E-state index contributed by atoms with van der Waals surface area (Å²) in [5, 5.41) is 10.5. The summed E-state index contributed by atoms with van der Waals surface area (Å²) in [6.07, 6.45) is 1.67. The number of rotatable bonds is 2. The number of nitro groups is 1. The van der Waals surface area contributed by atoms with E-state index in [1.165, 1.54) is 0 Å². The van der Waals surface area contributed by atoms with E-state index in [2.05, 4.69) is 0 Å². The highest BCUT2D eigenvalue weighted by atomic mass is 16.6. The van der Waals surface area contributed by atoms with Crippen LogP contribution in [0.15, 0.2) is 0 Å². The first kappa shape index (κ1) is 11.1. The van der Waals surface area contributed by atoms with Gasteiger partial charge in [-0.25, -0.2) is 0 Å². The molecule has 0 aromatic rings. The predicted octanol–water partition coefficient (Wildman–Crippen LogP) is 2.05. The van der Waals surface area contributed by atoms with Crippen molar-refractivity contribution in [1.82, 2.24) is 0 Å². The van der Waals surface area contributed by atoms with Gasteiger partial charge < -0.3 is 0 Å². The SMILES string of the molecule is CC1(C)CC(=O)CC(C)(C[N+](=O)[O-])C1. The molecule has 1 atom stereocenters. The third kappa shape index (κ3) is 2.79. The van der Waals surface area contributed by atoms with Gasteiger partial charge in [-0.15, -0.1) is 0 Å². The van der Waals surface area contributed by atoms with Crippen LogP contribution in [0.5, 0.6) is 0 Å². The summed E-state index contributed by atoms with van der Waals surface area (Å²) in [5.74, 6) is 0.158. The first-order valence-corrected chi connectivity index (χ1v) is 4.86. The lowest BCUT2D eigenvalue weighted by molar-refractivity contribution is -0.497. The molecular weight excluding hydrogens is 182 g/mol. The Kier molecular flexibility index (Phi) is 2.65. The highest BCUT2D eigenvalue weighted by molar-refractivity contribution is 5.80. The second-order valence-corrected chi connectivity index (χ2v) is 5.53. The van der Waals surface area contributed by atoms with Crippen molar-refractivity contribution in [2.75, 3.05) is 6.54 Å². The van der Waals surface area contributed by atoms with Gasteiger partial charge >= 0.3 is 0 Å². The van der Waals surface area contributed by atoms with E-state index in [1.54, 1.807) is 0 Å². The average molecular weight is 199 g/mol. The maximum absolute atomic E-state index is 11.5. The fourth-order valence-electron chi connectivity index (χ4n) is 2.78. The van der Waals surface area contributed by atoms with E-state index >= 15 is 0 Å². The highest BCUT2D eigenvalue weighted by Gasteiger charge is 2.43. The summed E-state index contributed by atoms with van der Waals surface area (Å²) in [4.78, 5) is 21.6. The minimum atomic E-state index is -0.442. The van der Waals surface area contributed by atoms with Gasteiger partial charge in [0, 0.05) is 23.2 Å². The first-order chi connectivity index (χ1) is 6.22. The lowest BCUT2D eigenvalue weighted by atomic mass is 9.64. The fraction of sp³-hybridized carbons (Fsp3) is 0.900. The van der Waals surface area contributed by atoms with Gasteiger partial charge in [0.1, 0.15) is 5.78 Å². The Morgan fingerprint density at radius 3 is 2.36 bits per heavy atom. The Morgan fingerprint density at radius 1 is 1.36 bits per heavy atom. The van der Waals surface area contributed by atoms with Crippen LogP contribution in [0.25, 0.3) is 0 Å². The van der Waals surface area contributed by atoms with Crippen LogP contribution in [0.2, 0.25) is 0 Å². The normalized spacial score (nSPS) is 31.5. The molecule has 1 aliphatic rings. The number of hydrogen-bond acceptors (Lipinski definition) is 3. The lowest BCUT2D eigenvalue weighted by Gasteiger charge is -2.39. The summed E-state index contributed by atoms with van der Waals surface area (Å²) >= 11 is 0. The predicted molar refractivity (Wildman–Crippen MR) is 52.6 cm³/mol. The van der Waals surface area contributed by atoms with E-state index < -0.39 is 5.41 Å². The number of ketones is 1. The maximum Gasteiger partial charge on any atom is 0.209 e. The molecule has 0 aromatic heterocycles. The van der Waals surface area contributed by atoms with Gasteiger partial charge in [0.15, 0.2) is 0 Å². The average Bonchev–Trinajstić information content (AvgIpc) is 1.74. The van der Waals surface area contributed by atoms with Crippen LogP contribution in [0, 0.1) is 20.9 Å². The Balaban J connectivity index is 2.78. The molecule has 1 unspecified atom stereocenters. The van der Waals surface area contributed by atoms with Crippen LogP contribution in [0.3, 0.4) is 0 Å². The monoisotopic (exact) mass is 199 g/mol. The van der Waals surface area contributed by atoms with E-state index in [1.807, 2.05) is 20.8 Å². The molecule has 0 spiro atoms. The molecular formula is C10H17NO3. The third-order valence-electron chi connectivity index (χ3n) is 2.72. The van der Waals surface area contributed by atoms with E-state index in [-0.39, 0.29) is 22.7 Å². The fourth-order valence-corrected chi connectivity index (χ4v) is 2.78. The first-order valence-electron chi connectivity index (χ1n) is 4.86. The quantitative estimate of drug-likeness (QED) is 0.505. The summed E-state index contributed by atoms with van der Waals surface area (Å²) in [7, 11) is 0. The van der Waals surface area contributed by atoms with Crippen molar-refractivity contribution < 1.29 is 9.72 Å². The molecule has 0 saturated heterocycles. The van der Waals surface area contributed by atoms with Crippen molar-refractivity contribution in [1.29, 1.82) is 0 Å². The van der Waals surface area contributed by atoms with E-state index in [0.29, 0.717) is 12.8 Å². The Labute approximate surface area is 83.8 Å². The molecule has 0 N–H and O–H groups in total. The minimum Gasteiger partial charge on any atom is -0.300 e. The number of Topliss-reactive ketones (excluding diaryl/α,β-unsaturated/α-hetero) is 1. The largest absolute Gasteiger partial charge is 0.300 e. The van der Waals surface area contributed by atoms with E-state index in [4.69, 9.17) is 0 Å². The number of carbonyl (C=O) groups excluding carboxylic acids is 1. The molecule has 0 heterocycles. The van der Waals surface area contributed by atoms with Gasteiger partial charge in [0.25, 0.3) is 0 Å². The summed E-state index contributed by atoms with van der Waals surface area (Å²) < 4.78 is 0. The van der Waals surface area contributed by atoms with Crippen molar-refractivity contribution in [3.8, 4) is 0 Å². The molecule has 0 amide bonds. The molecule has 14 heavy (non-hydrogen) atoms. The highest BCUT2D eigenvalue weighted by Crippen LogP contribution is 2.44. The molecule has 1 saturated carbocycles. The molecule has 0 aromatic carbocycles. The van der Waals surface area contributed by atoms with Crippen molar-refractivity contribution in [2.24, 2.45) is 10.8 Å². The maximum atomic E-state index is 11.5. The van der Waals surface area contributed by atoms with Crippen LogP contribution < -0.4 is 0 Å². The van der Waals surface area contributed by atoms with Gasteiger partial charge in [-0.05, 0) is 11.8 Å². The standard InChI is InChI=1S/C10H17NO3/c1-9(2)4-8(12)5-10(3,6-9)7-11(13)14/h4-7H2,1-3H3. The summed E-state index contributed by atoms with van der Waals surface area (Å²) in [5.41, 5.74) is -0.525. The van der Waals surface area contributed by atoms with Gasteiger partial charge in [-0.3, -0.25) is 14.9 Å². The molecule has 4 nitrogen and oxygen atoms in total. The minimum absolute atomic E-state index is 0.0832. The zero-order chi connectivity index (χ0) is 11.0. The second-order valence-electron chi connectivity index (χ2n) is 5.53. The van der Waals surface area contributed by atoms with Crippen molar-refractivity contribution in [3.63, 3.8) is 0 Å². The van der Waals surface area contributed by atoms with E-state index in [0.717, 1.165) is 6.42 Å². The molecule has 0 radical (unpaired) electrons. The zero-order valence-electron chi connectivity index (χ0n) is 9.00. The Bertz CT molecular complexity index is 269. The lowest BCUT2D eigenvalue weighted by Crippen LogP contribution is -2.40. The van der Waals surface area contributed by atoms with Crippen LogP contribution in [-0.2, 0) is 4.79 Å². The zero-order valence-corrected chi connectivity index (χ0v) is 9.00. The molecule has 0 bridgehead atoms. The molecule has 1 rings (SSSR count). The third-order valence-corrected chi connectivity index (χ3v) is 2.72. The molecule has 80 valence electrons. The van der Waals surface area contributed by atoms with Crippen molar-refractivity contribution >= 4 is 5.78 Å². The summed E-state index contributed by atoms with van der Waals surface area (Å²) in [6, 6.07) is 0. The molecule has 0 aliphatic heterocycles. The van der Waals surface area contributed by atoms with Crippen LogP contribution in [0.4, 0.5) is 0 Å². The summed E-state index contributed by atoms with van der Waals surface area (Å²) in [6.45, 7) is 5.75. The Morgan fingerprint density at radius 2 is 1.93 bits per heavy atom. The van der Waals surface area contributed by atoms with Gasteiger partial charge in [-0.2, -0.15) is 0 Å². The number of nitrogens with zero attached hydrogens (tertiary/aromatic N) is 1. The van der Waals surface area contributed by atoms with Gasteiger partial charge in [-0.1, -0.05) is 20.8 Å². The van der Waals surface area contributed by atoms with Crippen molar-refractivity contribution in [3.05, 3.63) is 10.1 Å².